The molecule has 240 valence electrons. The summed E-state index contributed by atoms with van der Waals surface area (Å²) < 4.78 is 37.9. The van der Waals surface area contributed by atoms with E-state index in [-0.39, 0.29) is 36.8 Å². The van der Waals surface area contributed by atoms with E-state index in [1.807, 2.05) is 12.2 Å². The molecule has 14 heteroatoms. The van der Waals surface area contributed by atoms with Crippen molar-refractivity contribution in [2.24, 2.45) is 5.92 Å². The monoisotopic (exact) mass is 695 g/mol. The number of carbonyl (C=O) groups is 4. The second-order valence-corrected chi connectivity index (χ2v) is 14.5. The molecular formula is C30H38BrN3O9S. The number of alkyl carbamates (subject to hydrolysis) is 1. The first-order valence-electron chi connectivity index (χ1n) is 15.2. The molecule has 0 spiro atoms. The molecule has 0 aromatic heterocycles. The lowest BCUT2D eigenvalue weighted by Crippen LogP contribution is -2.56. The molecule has 3 N–H and O–H groups in total. The molecule has 5 atom stereocenters. The van der Waals surface area contributed by atoms with Gasteiger partial charge in [0.25, 0.3) is 10.1 Å². The highest BCUT2D eigenvalue weighted by atomic mass is 79.9. The Hall–Kier alpha value is -2.97. The molecule has 1 aromatic carbocycles. The summed E-state index contributed by atoms with van der Waals surface area (Å²) in [5, 5.41) is 15.4. The number of amides is 3. The average Bonchev–Trinajstić information content (AvgIpc) is 3.25. The molecule has 2 aliphatic carbocycles. The van der Waals surface area contributed by atoms with E-state index in [0.717, 1.165) is 44.9 Å². The van der Waals surface area contributed by atoms with Gasteiger partial charge < -0.3 is 25.4 Å². The maximum absolute atomic E-state index is 14.0. The van der Waals surface area contributed by atoms with E-state index in [0.29, 0.717) is 10.9 Å². The Bertz CT molecular complexity index is 1400. The normalized spacial score (nSPS) is 30.7. The van der Waals surface area contributed by atoms with Crippen molar-refractivity contribution in [1.29, 1.82) is 0 Å². The third kappa shape index (κ3) is 7.45. The van der Waals surface area contributed by atoms with Gasteiger partial charge >= 0.3 is 12.1 Å². The Morgan fingerprint density at radius 1 is 1.02 bits per heavy atom. The quantitative estimate of drug-likeness (QED) is 0.297. The van der Waals surface area contributed by atoms with Gasteiger partial charge in [-0.25, -0.2) is 9.59 Å². The molecule has 1 aromatic rings. The van der Waals surface area contributed by atoms with Crippen molar-refractivity contribution >= 4 is 49.9 Å². The molecule has 5 rings (SSSR count). The van der Waals surface area contributed by atoms with Gasteiger partial charge in [-0.05, 0) is 75.6 Å². The topological polar surface area (TPSA) is 168 Å². The van der Waals surface area contributed by atoms with Crippen LogP contribution in [0.4, 0.5) is 4.79 Å². The first-order chi connectivity index (χ1) is 21.0. The number of halogens is 1. The van der Waals surface area contributed by atoms with Gasteiger partial charge in [-0.2, -0.15) is 8.42 Å². The minimum atomic E-state index is -4.25. The van der Waals surface area contributed by atoms with Crippen LogP contribution in [0.25, 0.3) is 0 Å². The van der Waals surface area contributed by atoms with E-state index in [1.165, 1.54) is 17.0 Å². The second-order valence-electron chi connectivity index (χ2n) is 12.0. The number of carboxylic acid groups (broad SMARTS) is 1. The fraction of sp³-hybridized carbons (Fsp3) is 0.600. The SMILES string of the molecule is O=C(N[C@H]1CCCCC/C=C\[C@@H]2C[C@@]2(C(=O)O)NC(=O)[C@@H]2C[C@H](OS(=O)(=O)c3ccc(Br)cc3)CN2C1=O)OC1CCCC1. The van der Waals surface area contributed by atoms with E-state index in [2.05, 4.69) is 26.6 Å². The number of allylic oxidation sites excluding steroid dienone is 1. The van der Waals surface area contributed by atoms with Crippen LogP contribution in [-0.4, -0.2) is 78.7 Å². The van der Waals surface area contributed by atoms with Crippen LogP contribution in [0.3, 0.4) is 0 Å². The van der Waals surface area contributed by atoms with Crippen molar-refractivity contribution in [2.45, 2.75) is 105 Å². The number of carboxylic acids is 1. The highest BCUT2D eigenvalue weighted by Gasteiger charge is 2.61. The Kier molecular flexibility index (Phi) is 10.0. The molecule has 2 saturated carbocycles. The zero-order valence-electron chi connectivity index (χ0n) is 24.3. The number of benzene rings is 1. The van der Waals surface area contributed by atoms with Crippen LogP contribution in [-0.2, 0) is 33.4 Å². The van der Waals surface area contributed by atoms with Crippen molar-refractivity contribution in [3.05, 3.63) is 40.9 Å². The van der Waals surface area contributed by atoms with Gasteiger partial charge in [-0.3, -0.25) is 13.8 Å². The van der Waals surface area contributed by atoms with E-state index < -0.39 is 63.6 Å². The molecule has 2 aliphatic heterocycles. The van der Waals surface area contributed by atoms with E-state index in [9.17, 15) is 32.7 Å². The lowest BCUT2D eigenvalue weighted by Gasteiger charge is -2.29. The highest BCUT2D eigenvalue weighted by molar-refractivity contribution is 9.10. The largest absolute Gasteiger partial charge is 0.479 e. The van der Waals surface area contributed by atoms with Gasteiger partial charge in [0, 0.05) is 23.4 Å². The summed E-state index contributed by atoms with van der Waals surface area (Å²) in [6.45, 7) is -0.244. The van der Waals surface area contributed by atoms with Crippen LogP contribution < -0.4 is 10.6 Å². The van der Waals surface area contributed by atoms with Crippen LogP contribution in [0.15, 0.2) is 45.8 Å². The van der Waals surface area contributed by atoms with Crippen molar-refractivity contribution in [3.8, 4) is 0 Å². The Morgan fingerprint density at radius 3 is 2.43 bits per heavy atom. The minimum Gasteiger partial charge on any atom is -0.479 e. The number of rotatable bonds is 6. The van der Waals surface area contributed by atoms with Crippen molar-refractivity contribution < 1.29 is 41.6 Å². The fourth-order valence-corrected chi connectivity index (χ4v) is 7.64. The predicted molar refractivity (Wildman–Crippen MR) is 161 cm³/mol. The lowest BCUT2D eigenvalue weighted by atomic mass is 10.0. The van der Waals surface area contributed by atoms with Gasteiger partial charge in [0.2, 0.25) is 11.8 Å². The standard InChI is InChI=1S/C30H38BrN3O9S/c31-20-12-14-23(15-13-20)44(40,41)43-22-16-25-26(35)33-30(28(37)38)17-19(30)8-4-2-1-3-5-11-24(27(36)34(25)18-22)32-29(39)42-21-9-6-7-10-21/h4,8,12-15,19,21-22,24-25H,1-3,5-7,9-11,16-18H2,(H,32,39)(H,33,35)(H,37,38)/b8-4-/t19-,22+,24+,25+,30-/m1/s1. The number of nitrogens with one attached hydrogen (secondary N) is 2. The Morgan fingerprint density at radius 2 is 1.73 bits per heavy atom. The van der Waals surface area contributed by atoms with Gasteiger partial charge in [-0.1, -0.05) is 40.9 Å². The zero-order chi connectivity index (χ0) is 31.5. The third-order valence-corrected chi connectivity index (χ3v) is 10.8. The van der Waals surface area contributed by atoms with Crippen LogP contribution in [0.2, 0.25) is 0 Å². The van der Waals surface area contributed by atoms with Crippen LogP contribution in [0.5, 0.6) is 0 Å². The Labute approximate surface area is 265 Å². The number of aliphatic carboxylic acids is 1. The van der Waals surface area contributed by atoms with Gasteiger partial charge in [0.1, 0.15) is 23.7 Å². The second kappa shape index (κ2) is 13.6. The average molecular weight is 697 g/mol. The van der Waals surface area contributed by atoms with E-state index in [1.54, 1.807) is 12.1 Å². The van der Waals surface area contributed by atoms with Crippen molar-refractivity contribution in [1.82, 2.24) is 15.5 Å². The highest BCUT2D eigenvalue weighted by Crippen LogP contribution is 2.45. The number of hydrogen-bond acceptors (Lipinski definition) is 8. The summed E-state index contributed by atoms with van der Waals surface area (Å²) in [6.07, 6.45) is 8.37. The van der Waals surface area contributed by atoms with Crippen molar-refractivity contribution in [3.63, 3.8) is 0 Å². The van der Waals surface area contributed by atoms with Gasteiger partial charge in [0.05, 0.1) is 11.0 Å². The number of nitrogens with zero attached hydrogens (tertiary/aromatic N) is 1. The van der Waals surface area contributed by atoms with E-state index in [4.69, 9.17) is 8.92 Å². The van der Waals surface area contributed by atoms with Gasteiger partial charge in [0.15, 0.2) is 0 Å². The third-order valence-electron chi connectivity index (χ3n) is 8.85. The molecule has 3 amide bonds. The number of ether oxygens (including phenoxy) is 1. The molecule has 0 bridgehead atoms. The summed E-state index contributed by atoms with van der Waals surface area (Å²) in [4.78, 5) is 53.9. The van der Waals surface area contributed by atoms with E-state index >= 15 is 0 Å². The molecule has 0 unspecified atom stereocenters. The molecule has 2 heterocycles. The maximum atomic E-state index is 14.0. The summed E-state index contributed by atoms with van der Waals surface area (Å²) in [5.41, 5.74) is -1.51. The Balaban J connectivity index is 1.40. The van der Waals surface area contributed by atoms with Crippen LogP contribution >= 0.6 is 15.9 Å². The lowest BCUT2D eigenvalue weighted by molar-refractivity contribution is -0.145. The summed E-state index contributed by atoms with van der Waals surface area (Å²) >= 11 is 3.27. The molecule has 0 radical (unpaired) electrons. The van der Waals surface area contributed by atoms with Crippen LogP contribution in [0.1, 0.15) is 70.6 Å². The molecule has 44 heavy (non-hydrogen) atoms. The number of carbonyl (C=O) groups excluding carboxylic acids is 3. The smallest absolute Gasteiger partial charge is 0.408 e. The maximum Gasteiger partial charge on any atom is 0.408 e. The molecule has 1 saturated heterocycles. The molecule has 3 fully saturated rings. The minimum absolute atomic E-state index is 0.0902. The number of hydrogen-bond donors (Lipinski definition) is 3. The first kappa shape index (κ1) is 32.4. The molecule has 4 aliphatic rings. The summed E-state index contributed by atoms with van der Waals surface area (Å²) in [7, 11) is -4.25. The first-order valence-corrected chi connectivity index (χ1v) is 17.4. The molecular weight excluding hydrogens is 658 g/mol. The summed E-state index contributed by atoms with van der Waals surface area (Å²) in [6, 6.07) is 3.62. The van der Waals surface area contributed by atoms with Crippen LogP contribution in [0, 0.1) is 5.92 Å². The van der Waals surface area contributed by atoms with Gasteiger partial charge in [-0.15, -0.1) is 0 Å². The van der Waals surface area contributed by atoms with Crippen molar-refractivity contribution in [2.75, 3.05) is 6.54 Å². The summed E-state index contributed by atoms with van der Waals surface area (Å²) in [5.74, 6) is -2.87. The predicted octanol–water partition coefficient (Wildman–Crippen LogP) is 3.64. The zero-order valence-corrected chi connectivity index (χ0v) is 26.7. The molecule has 12 nitrogen and oxygen atoms in total. The fourth-order valence-electron chi connectivity index (χ4n) is 6.30. The number of fused-ring (bicyclic) bond motifs is 2.